The molecule has 1 aromatic heterocycles. The summed E-state index contributed by atoms with van der Waals surface area (Å²) in [6.45, 7) is 12.0. The van der Waals surface area contributed by atoms with Crippen molar-refractivity contribution in [2.45, 2.75) is 6.92 Å². The monoisotopic (exact) mass is 417 g/mol. The Bertz CT molecular complexity index is 807. The molecule has 29 heavy (non-hydrogen) atoms. The molecule has 1 aromatic carbocycles. The first-order valence-corrected chi connectivity index (χ1v) is 10.6. The Labute approximate surface area is 177 Å². The lowest BCUT2D eigenvalue weighted by Crippen LogP contribution is -2.49. The first-order chi connectivity index (χ1) is 14.2. The number of halogens is 1. The van der Waals surface area contributed by atoms with Gasteiger partial charge in [-0.2, -0.15) is 0 Å². The van der Waals surface area contributed by atoms with Crippen molar-refractivity contribution in [3.63, 3.8) is 0 Å². The van der Waals surface area contributed by atoms with Crippen LogP contribution in [0.2, 0.25) is 5.02 Å². The SMILES string of the molecule is Cc1ccc(Cl)c(Oc2cc(N3CCN(CCN4CCOCC4)CC3)ncn2)c1. The Hall–Kier alpha value is -1.93. The van der Waals surface area contributed by atoms with Crippen LogP contribution in [0.5, 0.6) is 11.6 Å². The van der Waals surface area contributed by atoms with Gasteiger partial charge in [0, 0.05) is 58.4 Å². The number of nitrogens with zero attached hydrogens (tertiary/aromatic N) is 5. The third-order valence-corrected chi connectivity index (χ3v) is 5.77. The molecule has 3 heterocycles. The number of aromatic nitrogens is 2. The number of rotatable bonds is 6. The van der Waals surface area contributed by atoms with Crippen molar-refractivity contribution < 1.29 is 9.47 Å². The van der Waals surface area contributed by atoms with Crippen molar-refractivity contribution in [3.8, 4) is 11.6 Å². The van der Waals surface area contributed by atoms with E-state index < -0.39 is 0 Å². The zero-order valence-corrected chi connectivity index (χ0v) is 17.6. The molecule has 0 saturated carbocycles. The Kier molecular flexibility index (Phi) is 6.82. The Morgan fingerprint density at radius 2 is 1.69 bits per heavy atom. The van der Waals surface area contributed by atoms with E-state index in [9.17, 15) is 0 Å². The molecule has 7 nitrogen and oxygen atoms in total. The molecule has 2 aliphatic rings. The second-order valence-corrected chi connectivity index (χ2v) is 7.94. The van der Waals surface area contributed by atoms with Gasteiger partial charge in [0.25, 0.3) is 0 Å². The van der Waals surface area contributed by atoms with Crippen LogP contribution in [0.1, 0.15) is 5.56 Å². The summed E-state index contributed by atoms with van der Waals surface area (Å²) in [5, 5.41) is 0.574. The van der Waals surface area contributed by atoms with Crippen LogP contribution < -0.4 is 9.64 Å². The van der Waals surface area contributed by atoms with Gasteiger partial charge in [-0.25, -0.2) is 9.97 Å². The molecule has 0 aliphatic carbocycles. The van der Waals surface area contributed by atoms with Crippen LogP contribution in [-0.4, -0.2) is 85.3 Å². The van der Waals surface area contributed by atoms with Crippen LogP contribution in [0, 0.1) is 6.92 Å². The minimum absolute atomic E-state index is 0.511. The summed E-state index contributed by atoms with van der Waals surface area (Å²) in [6, 6.07) is 7.60. The number of anilines is 1. The maximum Gasteiger partial charge on any atom is 0.224 e. The molecule has 0 amide bonds. The molecule has 4 rings (SSSR count). The van der Waals surface area contributed by atoms with E-state index in [-0.39, 0.29) is 0 Å². The summed E-state index contributed by atoms with van der Waals surface area (Å²) >= 11 is 6.24. The highest BCUT2D eigenvalue weighted by atomic mass is 35.5. The number of aryl methyl sites for hydroxylation is 1. The van der Waals surface area contributed by atoms with Gasteiger partial charge >= 0.3 is 0 Å². The summed E-state index contributed by atoms with van der Waals surface area (Å²) in [5.41, 5.74) is 1.09. The van der Waals surface area contributed by atoms with Crippen molar-refractivity contribution in [2.24, 2.45) is 0 Å². The standard InChI is InChI=1S/C21H28ClN5O2/c1-17-2-3-18(22)19(14-17)29-21-15-20(23-16-24-21)27-8-6-25(7-9-27)4-5-26-10-12-28-13-11-26/h2-3,14-16H,4-13H2,1H3. The number of benzene rings is 1. The maximum absolute atomic E-state index is 6.24. The van der Waals surface area contributed by atoms with Crippen LogP contribution in [0.15, 0.2) is 30.6 Å². The second-order valence-electron chi connectivity index (χ2n) is 7.53. The first kappa shape index (κ1) is 20.3. The van der Waals surface area contributed by atoms with Gasteiger partial charge in [0.1, 0.15) is 17.9 Å². The Balaban J connectivity index is 1.30. The van der Waals surface area contributed by atoms with E-state index >= 15 is 0 Å². The smallest absolute Gasteiger partial charge is 0.224 e. The Morgan fingerprint density at radius 3 is 2.45 bits per heavy atom. The lowest BCUT2D eigenvalue weighted by molar-refractivity contribution is 0.0331. The minimum atomic E-state index is 0.511. The molecule has 0 atom stereocenters. The van der Waals surface area contributed by atoms with E-state index in [1.807, 2.05) is 31.2 Å². The minimum Gasteiger partial charge on any atom is -0.437 e. The fourth-order valence-electron chi connectivity index (χ4n) is 3.67. The fraction of sp³-hybridized carbons (Fsp3) is 0.524. The molecule has 0 N–H and O–H groups in total. The molecule has 2 aliphatic heterocycles. The Morgan fingerprint density at radius 1 is 0.966 bits per heavy atom. The molecule has 8 heteroatoms. The highest BCUT2D eigenvalue weighted by molar-refractivity contribution is 6.32. The highest BCUT2D eigenvalue weighted by Crippen LogP contribution is 2.30. The van der Waals surface area contributed by atoms with E-state index in [1.165, 1.54) is 0 Å². The highest BCUT2D eigenvalue weighted by Gasteiger charge is 2.20. The molecule has 2 aromatic rings. The number of hydrogen-bond donors (Lipinski definition) is 0. The molecule has 0 unspecified atom stereocenters. The van der Waals surface area contributed by atoms with E-state index in [1.54, 1.807) is 6.33 Å². The van der Waals surface area contributed by atoms with Gasteiger partial charge in [-0.3, -0.25) is 9.80 Å². The van der Waals surface area contributed by atoms with Gasteiger partial charge < -0.3 is 14.4 Å². The molecular formula is C21H28ClN5O2. The van der Waals surface area contributed by atoms with Crippen molar-refractivity contribution in [3.05, 3.63) is 41.2 Å². The fourth-order valence-corrected chi connectivity index (χ4v) is 3.82. The van der Waals surface area contributed by atoms with Crippen molar-refractivity contribution >= 4 is 17.4 Å². The van der Waals surface area contributed by atoms with E-state index in [4.69, 9.17) is 21.1 Å². The van der Waals surface area contributed by atoms with Crippen LogP contribution >= 0.6 is 11.6 Å². The molecular weight excluding hydrogens is 390 g/mol. The van der Waals surface area contributed by atoms with Crippen LogP contribution in [0.3, 0.4) is 0 Å². The third kappa shape index (κ3) is 5.57. The predicted octanol–water partition coefficient (Wildman–Crippen LogP) is 2.68. The topological polar surface area (TPSA) is 54.0 Å². The van der Waals surface area contributed by atoms with E-state index in [0.29, 0.717) is 16.7 Å². The van der Waals surface area contributed by atoms with Crippen molar-refractivity contribution in [1.82, 2.24) is 19.8 Å². The van der Waals surface area contributed by atoms with Gasteiger partial charge in [-0.15, -0.1) is 0 Å². The summed E-state index contributed by atoms with van der Waals surface area (Å²) in [5.74, 6) is 2.02. The zero-order chi connectivity index (χ0) is 20.1. The van der Waals surface area contributed by atoms with Crippen molar-refractivity contribution in [2.75, 3.05) is 70.5 Å². The van der Waals surface area contributed by atoms with Crippen LogP contribution in [0.25, 0.3) is 0 Å². The van der Waals surface area contributed by atoms with Gasteiger partial charge in [0.2, 0.25) is 5.88 Å². The molecule has 2 fully saturated rings. The summed E-state index contributed by atoms with van der Waals surface area (Å²) < 4.78 is 11.3. The van der Waals surface area contributed by atoms with Gasteiger partial charge in [0.15, 0.2) is 0 Å². The molecule has 0 bridgehead atoms. The number of morpholine rings is 1. The summed E-state index contributed by atoms with van der Waals surface area (Å²) in [6.07, 6.45) is 1.55. The summed E-state index contributed by atoms with van der Waals surface area (Å²) in [7, 11) is 0. The number of piperazine rings is 1. The molecule has 0 radical (unpaired) electrons. The maximum atomic E-state index is 6.24. The van der Waals surface area contributed by atoms with Gasteiger partial charge in [-0.05, 0) is 24.6 Å². The average molecular weight is 418 g/mol. The van der Waals surface area contributed by atoms with Crippen LogP contribution in [0.4, 0.5) is 5.82 Å². The molecule has 0 spiro atoms. The average Bonchev–Trinajstić information content (AvgIpc) is 2.76. The first-order valence-electron chi connectivity index (χ1n) is 10.2. The van der Waals surface area contributed by atoms with E-state index in [0.717, 1.165) is 77.0 Å². The number of hydrogen-bond acceptors (Lipinski definition) is 7. The number of ether oxygens (including phenoxy) is 2. The van der Waals surface area contributed by atoms with Crippen LogP contribution in [-0.2, 0) is 4.74 Å². The largest absolute Gasteiger partial charge is 0.437 e. The normalized spacial score (nSPS) is 18.8. The predicted molar refractivity (Wildman–Crippen MR) is 114 cm³/mol. The lowest BCUT2D eigenvalue weighted by atomic mass is 10.2. The van der Waals surface area contributed by atoms with E-state index in [2.05, 4.69) is 24.7 Å². The third-order valence-electron chi connectivity index (χ3n) is 5.46. The van der Waals surface area contributed by atoms with Gasteiger partial charge in [0.05, 0.1) is 18.2 Å². The quantitative estimate of drug-likeness (QED) is 0.716. The lowest BCUT2D eigenvalue weighted by Gasteiger charge is -2.36. The zero-order valence-electron chi connectivity index (χ0n) is 16.9. The summed E-state index contributed by atoms with van der Waals surface area (Å²) in [4.78, 5) is 16.0. The van der Waals surface area contributed by atoms with Crippen molar-refractivity contribution in [1.29, 1.82) is 0 Å². The second kappa shape index (κ2) is 9.71. The molecule has 156 valence electrons. The molecule has 2 saturated heterocycles. The van der Waals surface area contributed by atoms with Gasteiger partial charge in [-0.1, -0.05) is 17.7 Å².